The van der Waals surface area contributed by atoms with Crippen molar-refractivity contribution in [2.75, 3.05) is 6.61 Å². The van der Waals surface area contributed by atoms with E-state index in [1.807, 2.05) is 10.7 Å². The summed E-state index contributed by atoms with van der Waals surface area (Å²) in [6.07, 6.45) is 6.54. The van der Waals surface area contributed by atoms with Crippen LogP contribution in [0.5, 0.6) is 0 Å². The Morgan fingerprint density at radius 1 is 1.38 bits per heavy atom. The fourth-order valence-electron chi connectivity index (χ4n) is 4.02. The Morgan fingerprint density at radius 2 is 2.14 bits per heavy atom. The molecule has 3 aliphatic rings. The quantitative estimate of drug-likeness (QED) is 0.933. The van der Waals surface area contributed by atoms with Crippen molar-refractivity contribution in [1.82, 2.24) is 19.7 Å². The second-order valence-corrected chi connectivity index (χ2v) is 6.94. The van der Waals surface area contributed by atoms with Crippen molar-refractivity contribution in [1.29, 1.82) is 0 Å². The topological polar surface area (TPSA) is 63.8 Å². The summed E-state index contributed by atoms with van der Waals surface area (Å²) in [4.78, 5) is 8.91. The maximum absolute atomic E-state index is 9.45. The normalized spacial score (nSPS) is 30.1. The Labute approximate surface area is 124 Å². The minimum Gasteiger partial charge on any atom is -0.396 e. The number of rotatable bonds is 4. The Hall–Kier alpha value is -1.75. The molecule has 2 heterocycles. The highest BCUT2D eigenvalue weighted by molar-refractivity contribution is 5.53. The first kappa shape index (κ1) is 13.0. The van der Waals surface area contributed by atoms with Crippen molar-refractivity contribution in [3.05, 3.63) is 30.4 Å². The highest BCUT2D eigenvalue weighted by Gasteiger charge is 2.70. The number of pyridine rings is 1. The van der Waals surface area contributed by atoms with Crippen LogP contribution >= 0.6 is 0 Å². The smallest absolute Gasteiger partial charge is 0.182 e. The lowest BCUT2D eigenvalue weighted by Gasteiger charge is -2.69. The molecule has 3 saturated carbocycles. The predicted molar refractivity (Wildman–Crippen MR) is 77.5 cm³/mol. The summed E-state index contributed by atoms with van der Waals surface area (Å²) in [6, 6.07) is 5.12. The summed E-state index contributed by atoms with van der Waals surface area (Å²) in [5.74, 6) is 1.80. The van der Waals surface area contributed by atoms with Gasteiger partial charge in [0.25, 0.3) is 0 Å². The third-order valence-electron chi connectivity index (χ3n) is 4.93. The summed E-state index contributed by atoms with van der Waals surface area (Å²) >= 11 is 0. The minimum absolute atomic E-state index is 0.143. The number of aliphatic hydroxyl groups excluding tert-OH is 1. The van der Waals surface area contributed by atoms with Crippen molar-refractivity contribution in [2.45, 2.75) is 44.6 Å². The maximum Gasteiger partial charge on any atom is 0.182 e. The lowest BCUT2D eigenvalue weighted by atomic mass is 9.35. The molecule has 2 aromatic heterocycles. The van der Waals surface area contributed by atoms with E-state index in [9.17, 15) is 5.11 Å². The number of aromatic nitrogens is 4. The van der Waals surface area contributed by atoms with Gasteiger partial charge in [0.05, 0.1) is 0 Å². The Bertz CT molecular complexity index is 657. The predicted octanol–water partition coefficient (Wildman–Crippen LogP) is 2.14. The molecule has 0 amide bonds. The molecular weight excluding hydrogens is 264 g/mol. The van der Waals surface area contributed by atoms with E-state index < -0.39 is 0 Å². The Morgan fingerprint density at radius 3 is 2.71 bits per heavy atom. The van der Waals surface area contributed by atoms with Crippen LogP contribution in [-0.4, -0.2) is 31.5 Å². The highest BCUT2D eigenvalue weighted by Crippen LogP contribution is 2.73. The van der Waals surface area contributed by atoms with Crippen molar-refractivity contribution >= 4 is 0 Å². The first-order valence-electron chi connectivity index (χ1n) is 7.47. The first-order chi connectivity index (χ1) is 10.1. The molecule has 5 rings (SSSR count). The van der Waals surface area contributed by atoms with Gasteiger partial charge in [-0.05, 0) is 44.6 Å². The molecule has 0 aliphatic heterocycles. The van der Waals surface area contributed by atoms with Gasteiger partial charge in [-0.25, -0.2) is 9.67 Å². The van der Waals surface area contributed by atoms with Crippen LogP contribution in [0.2, 0.25) is 0 Å². The summed E-state index contributed by atoms with van der Waals surface area (Å²) in [7, 11) is 0. The van der Waals surface area contributed by atoms with Crippen LogP contribution in [0, 0.1) is 11.5 Å². The van der Waals surface area contributed by atoms with Gasteiger partial charge in [-0.2, -0.15) is 5.10 Å². The van der Waals surface area contributed by atoms with Gasteiger partial charge < -0.3 is 5.11 Å². The zero-order valence-electron chi connectivity index (χ0n) is 12.4. The zero-order valence-corrected chi connectivity index (χ0v) is 12.4. The van der Waals surface area contributed by atoms with E-state index in [-0.39, 0.29) is 16.9 Å². The van der Waals surface area contributed by atoms with Gasteiger partial charge in [0.1, 0.15) is 5.82 Å². The fraction of sp³-hybridized carbons (Fsp3) is 0.562. The van der Waals surface area contributed by atoms with Crippen molar-refractivity contribution < 1.29 is 5.11 Å². The second-order valence-electron chi connectivity index (χ2n) is 6.94. The van der Waals surface area contributed by atoms with Gasteiger partial charge in [0.2, 0.25) is 0 Å². The van der Waals surface area contributed by atoms with Crippen molar-refractivity contribution in [3.8, 4) is 11.4 Å². The van der Waals surface area contributed by atoms with Gasteiger partial charge in [-0.1, -0.05) is 0 Å². The van der Waals surface area contributed by atoms with Crippen LogP contribution in [0.3, 0.4) is 0 Å². The zero-order chi connectivity index (χ0) is 14.7. The van der Waals surface area contributed by atoms with Gasteiger partial charge in [0, 0.05) is 42.1 Å². The fourth-order valence-corrected chi connectivity index (χ4v) is 4.02. The summed E-state index contributed by atoms with van der Waals surface area (Å²) in [6.45, 7) is 4.56. The van der Waals surface area contributed by atoms with Gasteiger partial charge in [-0.3, -0.25) is 4.98 Å². The van der Waals surface area contributed by atoms with Crippen LogP contribution in [-0.2, 0) is 5.41 Å². The average molecular weight is 283 g/mol. The molecule has 2 bridgehead atoms. The molecule has 109 valence electrons. The standard InChI is InChI=1S/C16H19N4O/c1-11(2)20-14(16-7-15(8-16,9-16)10-21)18-13(19-20)12-4-3-5-17-6-12/h4-6,11,21H,7-10H2,1-2H3. The maximum atomic E-state index is 9.45. The molecule has 0 unspecified atom stereocenters. The molecule has 5 nitrogen and oxygen atoms in total. The number of hydrogen-bond acceptors (Lipinski definition) is 4. The van der Waals surface area contributed by atoms with Crippen LogP contribution in [0.4, 0.5) is 0 Å². The molecule has 0 saturated heterocycles. The molecule has 1 N–H and O–H groups in total. The second kappa shape index (κ2) is 4.13. The molecule has 21 heavy (non-hydrogen) atoms. The molecule has 0 atom stereocenters. The Balaban J connectivity index is 1.73. The third-order valence-corrected chi connectivity index (χ3v) is 4.93. The molecular formula is C16H19N4O. The van der Waals surface area contributed by atoms with E-state index >= 15 is 0 Å². The van der Waals surface area contributed by atoms with Crippen LogP contribution in [0.15, 0.2) is 18.5 Å². The lowest BCUT2D eigenvalue weighted by molar-refractivity contribution is -0.173. The molecule has 1 radical (unpaired) electrons. The first-order valence-corrected chi connectivity index (χ1v) is 7.47. The third kappa shape index (κ3) is 1.70. The van der Waals surface area contributed by atoms with Crippen LogP contribution in [0.25, 0.3) is 11.4 Å². The van der Waals surface area contributed by atoms with E-state index in [1.54, 1.807) is 12.4 Å². The van der Waals surface area contributed by atoms with E-state index in [0.717, 1.165) is 36.5 Å². The molecule has 0 spiro atoms. The van der Waals surface area contributed by atoms with E-state index in [1.165, 1.54) is 0 Å². The van der Waals surface area contributed by atoms with E-state index in [4.69, 9.17) is 4.98 Å². The summed E-state index contributed by atoms with van der Waals surface area (Å²) in [5.41, 5.74) is 1.22. The highest BCUT2D eigenvalue weighted by atomic mass is 16.3. The summed E-state index contributed by atoms with van der Waals surface area (Å²) < 4.78 is 2.04. The summed E-state index contributed by atoms with van der Waals surface area (Å²) in [5, 5.41) is 14.1. The van der Waals surface area contributed by atoms with Gasteiger partial charge in [-0.15, -0.1) is 0 Å². The number of hydrogen-bond donors (Lipinski definition) is 1. The van der Waals surface area contributed by atoms with E-state index in [0.29, 0.717) is 6.61 Å². The monoisotopic (exact) mass is 283 g/mol. The van der Waals surface area contributed by atoms with Crippen molar-refractivity contribution in [2.24, 2.45) is 5.41 Å². The number of nitrogens with zero attached hydrogens (tertiary/aromatic N) is 4. The molecule has 3 aliphatic carbocycles. The lowest BCUT2D eigenvalue weighted by Crippen LogP contribution is -2.67. The average Bonchev–Trinajstić information content (AvgIpc) is 2.83. The van der Waals surface area contributed by atoms with Gasteiger partial charge in [0.15, 0.2) is 5.82 Å². The SMILES string of the molecule is CC(C)n1nc(-c2c[c]cnc2)nc1C12CC(CO)(C1)C2. The molecule has 2 aromatic rings. The molecule has 0 aromatic carbocycles. The largest absolute Gasteiger partial charge is 0.396 e. The van der Waals surface area contributed by atoms with Crippen LogP contribution < -0.4 is 0 Å². The molecule has 3 fully saturated rings. The Kier molecular flexibility index (Phi) is 2.55. The minimum atomic E-state index is 0.143. The van der Waals surface area contributed by atoms with Crippen LogP contribution in [0.1, 0.15) is 45.0 Å². The van der Waals surface area contributed by atoms with Gasteiger partial charge >= 0.3 is 0 Å². The number of aliphatic hydroxyl groups is 1. The molecule has 5 heteroatoms. The van der Waals surface area contributed by atoms with Crippen molar-refractivity contribution in [3.63, 3.8) is 0 Å². The van der Waals surface area contributed by atoms with E-state index in [2.05, 4.69) is 30.0 Å².